The number of hydrogen-bond acceptors (Lipinski definition) is 7. The van der Waals surface area contributed by atoms with Gasteiger partial charge in [0, 0.05) is 41.6 Å². The number of hydrogen-bond donors (Lipinski definition) is 2. The Morgan fingerprint density at radius 3 is 2.82 bits per heavy atom. The average molecular weight is 475 g/mol. The zero-order valence-electron chi connectivity index (χ0n) is 19.3. The summed E-state index contributed by atoms with van der Waals surface area (Å²) in [6.45, 7) is 6.75. The quantitative estimate of drug-likeness (QED) is 0.385. The lowest BCUT2D eigenvalue weighted by molar-refractivity contribution is 0.0270. The van der Waals surface area contributed by atoms with Crippen molar-refractivity contribution in [3.63, 3.8) is 0 Å². The summed E-state index contributed by atoms with van der Waals surface area (Å²) in [4.78, 5) is 30.8. The van der Waals surface area contributed by atoms with Crippen molar-refractivity contribution in [2.75, 3.05) is 18.4 Å². The van der Waals surface area contributed by atoms with Crippen LogP contribution in [-0.4, -0.2) is 49.6 Å². The number of nitrogens with zero attached hydrogens (tertiary/aromatic N) is 4. The summed E-state index contributed by atoms with van der Waals surface area (Å²) in [5.41, 5.74) is 4.38. The van der Waals surface area contributed by atoms with Gasteiger partial charge >= 0.3 is 6.09 Å². The van der Waals surface area contributed by atoms with Crippen LogP contribution in [0.15, 0.2) is 54.3 Å². The van der Waals surface area contributed by atoms with Gasteiger partial charge in [0.25, 0.3) is 0 Å². The molecule has 1 aliphatic rings. The first-order valence-corrected chi connectivity index (χ1v) is 12.0. The Morgan fingerprint density at radius 2 is 2.09 bits per heavy atom. The Bertz CT molecular complexity index is 1350. The van der Waals surface area contributed by atoms with Crippen LogP contribution in [0.25, 0.3) is 27.2 Å². The highest BCUT2D eigenvalue weighted by molar-refractivity contribution is 7.13. The van der Waals surface area contributed by atoms with Crippen molar-refractivity contribution in [3.8, 4) is 10.6 Å². The molecular formula is C25H26N6O2S. The van der Waals surface area contributed by atoms with Crippen molar-refractivity contribution in [2.45, 2.75) is 32.8 Å². The Morgan fingerprint density at radius 1 is 1.21 bits per heavy atom. The highest BCUT2D eigenvalue weighted by atomic mass is 32.1. The Kier molecular flexibility index (Phi) is 5.79. The number of amides is 1. The highest BCUT2D eigenvalue weighted by Gasteiger charge is 2.24. The lowest BCUT2D eigenvalue weighted by atomic mass is 10.1. The molecule has 4 heterocycles. The maximum absolute atomic E-state index is 12.4. The summed E-state index contributed by atoms with van der Waals surface area (Å²) in [6, 6.07) is 10.2. The van der Waals surface area contributed by atoms with Gasteiger partial charge in [0.15, 0.2) is 0 Å². The number of carbonyl (C=O) groups excluding carboxylic acids is 1. The molecule has 0 aliphatic carbocycles. The van der Waals surface area contributed by atoms with Gasteiger partial charge in [0.05, 0.1) is 5.39 Å². The zero-order chi connectivity index (χ0) is 23.7. The van der Waals surface area contributed by atoms with Gasteiger partial charge in [-0.15, -0.1) is 11.3 Å². The first-order valence-electron chi connectivity index (χ1n) is 11.1. The molecule has 0 unspecified atom stereocenters. The Balaban J connectivity index is 1.36. The zero-order valence-corrected chi connectivity index (χ0v) is 20.1. The Labute approximate surface area is 201 Å². The number of aromatic nitrogens is 4. The molecular weight excluding hydrogens is 448 g/mol. The average Bonchev–Trinajstić information content (AvgIpc) is 3.49. The molecule has 0 saturated heterocycles. The SMILES string of the molecule is CC(C)(C)OC(=O)N1CC=C(c2cc3c(Nc4cccc(-c5nccs5)c4)ncnc3[nH]2)CC1. The molecule has 0 saturated carbocycles. The van der Waals surface area contributed by atoms with Crippen LogP contribution in [0.5, 0.6) is 0 Å². The molecule has 3 aromatic heterocycles. The second-order valence-corrected chi connectivity index (χ2v) is 10.0. The second kappa shape index (κ2) is 8.90. The van der Waals surface area contributed by atoms with E-state index in [9.17, 15) is 4.79 Å². The van der Waals surface area contributed by atoms with Crippen molar-refractivity contribution in [1.82, 2.24) is 24.8 Å². The van der Waals surface area contributed by atoms with E-state index in [1.807, 2.05) is 50.5 Å². The number of aromatic amines is 1. The maximum Gasteiger partial charge on any atom is 0.410 e. The second-order valence-electron chi connectivity index (χ2n) is 9.12. The van der Waals surface area contributed by atoms with Crippen molar-refractivity contribution < 1.29 is 9.53 Å². The molecule has 9 heteroatoms. The number of thiazole rings is 1. The van der Waals surface area contributed by atoms with Crippen molar-refractivity contribution >= 4 is 45.5 Å². The minimum atomic E-state index is -0.500. The van der Waals surface area contributed by atoms with E-state index in [1.54, 1.807) is 22.6 Å². The van der Waals surface area contributed by atoms with Gasteiger partial charge < -0.3 is 19.9 Å². The summed E-state index contributed by atoms with van der Waals surface area (Å²) in [5, 5.41) is 7.28. The number of H-pyrrole nitrogens is 1. The van der Waals surface area contributed by atoms with Gasteiger partial charge in [0.1, 0.15) is 28.4 Å². The number of fused-ring (bicyclic) bond motifs is 1. The van der Waals surface area contributed by atoms with Crippen molar-refractivity contribution in [1.29, 1.82) is 0 Å². The van der Waals surface area contributed by atoms with Crippen LogP contribution in [0.4, 0.5) is 16.3 Å². The lowest BCUT2D eigenvalue weighted by Gasteiger charge is -2.29. The third kappa shape index (κ3) is 4.79. The van der Waals surface area contributed by atoms with Crippen LogP contribution in [-0.2, 0) is 4.74 Å². The van der Waals surface area contributed by atoms with E-state index < -0.39 is 5.60 Å². The van der Waals surface area contributed by atoms with E-state index in [2.05, 4.69) is 43.5 Å². The monoisotopic (exact) mass is 474 g/mol. The van der Waals surface area contributed by atoms with Crippen LogP contribution < -0.4 is 5.32 Å². The molecule has 0 radical (unpaired) electrons. The lowest BCUT2D eigenvalue weighted by Crippen LogP contribution is -2.39. The van der Waals surface area contributed by atoms with Crippen LogP contribution in [0, 0.1) is 0 Å². The van der Waals surface area contributed by atoms with Gasteiger partial charge in [0.2, 0.25) is 0 Å². The fourth-order valence-corrected chi connectivity index (χ4v) is 4.49. The topological polar surface area (TPSA) is 96.0 Å². The van der Waals surface area contributed by atoms with Gasteiger partial charge in [-0.2, -0.15) is 0 Å². The molecule has 8 nitrogen and oxygen atoms in total. The molecule has 1 amide bonds. The fourth-order valence-electron chi connectivity index (χ4n) is 3.85. The normalized spacial score (nSPS) is 14.2. The summed E-state index contributed by atoms with van der Waals surface area (Å²) >= 11 is 1.61. The summed E-state index contributed by atoms with van der Waals surface area (Å²) in [7, 11) is 0. The summed E-state index contributed by atoms with van der Waals surface area (Å²) in [5.74, 6) is 0.732. The molecule has 4 aromatic rings. The first-order chi connectivity index (χ1) is 16.4. The number of carbonyl (C=O) groups is 1. The number of ether oxygens (including phenoxy) is 1. The van der Waals surface area contributed by atoms with E-state index in [4.69, 9.17) is 4.74 Å². The minimum absolute atomic E-state index is 0.281. The van der Waals surface area contributed by atoms with Gasteiger partial charge in [-0.3, -0.25) is 0 Å². The number of benzene rings is 1. The molecule has 174 valence electrons. The minimum Gasteiger partial charge on any atom is -0.444 e. The highest BCUT2D eigenvalue weighted by Crippen LogP contribution is 2.31. The third-order valence-corrected chi connectivity index (χ3v) is 6.26. The number of nitrogens with one attached hydrogen (secondary N) is 2. The van der Waals surface area contributed by atoms with E-state index in [1.165, 1.54) is 0 Å². The molecule has 0 spiro atoms. The molecule has 5 rings (SSSR count). The Hall–Kier alpha value is -3.72. The van der Waals surface area contributed by atoms with Crippen LogP contribution >= 0.6 is 11.3 Å². The van der Waals surface area contributed by atoms with E-state index in [0.29, 0.717) is 13.1 Å². The van der Waals surface area contributed by atoms with E-state index >= 15 is 0 Å². The molecule has 2 N–H and O–H groups in total. The van der Waals surface area contributed by atoms with Crippen molar-refractivity contribution in [2.24, 2.45) is 0 Å². The largest absolute Gasteiger partial charge is 0.444 e. The molecule has 1 aliphatic heterocycles. The summed E-state index contributed by atoms with van der Waals surface area (Å²) in [6.07, 6.45) is 5.88. The maximum atomic E-state index is 12.4. The van der Waals surface area contributed by atoms with Gasteiger partial charge in [-0.1, -0.05) is 18.2 Å². The van der Waals surface area contributed by atoms with Gasteiger partial charge in [-0.25, -0.2) is 19.7 Å². The summed E-state index contributed by atoms with van der Waals surface area (Å²) < 4.78 is 5.49. The smallest absolute Gasteiger partial charge is 0.410 e. The van der Waals surface area contributed by atoms with Gasteiger partial charge in [-0.05, 0) is 51.0 Å². The van der Waals surface area contributed by atoms with Crippen LogP contribution in [0.3, 0.4) is 0 Å². The van der Waals surface area contributed by atoms with Crippen LogP contribution in [0.2, 0.25) is 0 Å². The fraction of sp³-hybridized carbons (Fsp3) is 0.280. The molecule has 34 heavy (non-hydrogen) atoms. The first kappa shape index (κ1) is 22.1. The molecule has 0 atom stereocenters. The predicted octanol–water partition coefficient (Wildman–Crippen LogP) is 5.85. The predicted molar refractivity (Wildman–Crippen MR) is 135 cm³/mol. The van der Waals surface area contributed by atoms with Crippen molar-refractivity contribution in [3.05, 3.63) is 60.0 Å². The van der Waals surface area contributed by atoms with E-state index in [0.717, 1.165) is 50.8 Å². The molecule has 0 bridgehead atoms. The number of rotatable bonds is 4. The third-order valence-electron chi connectivity index (χ3n) is 5.44. The standard InChI is InChI=1S/C25H26N6O2S/c1-25(2,3)33-24(32)31-10-7-16(8-11-31)20-14-19-21(27-15-28-22(19)30-20)29-18-6-4-5-17(13-18)23-26-9-12-34-23/h4-7,9,12-15H,8,10-11H2,1-3H3,(H2,27,28,29,30). The van der Waals surface area contributed by atoms with E-state index in [-0.39, 0.29) is 6.09 Å². The van der Waals surface area contributed by atoms with Crippen LogP contribution in [0.1, 0.15) is 32.9 Å². The molecule has 0 fully saturated rings. The molecule has 1 aromatic carbocycles. The number of anilines is 2.